The first-order chi connectivity index (χ1) is 7.83. The van der Waals surface area contributed by atoms with E-state index in [-0.39, 0.29) is 0 Å². The molecule has 16 heavy (non-hydrogen) atoms. The SMILES string of the molecule is C[C@H](NC1CC1)c1ccc2ccccc2c1. The van der Waals surface area contributed by atoms with Crippen LogP contribution in [0.4, 0.5) is 0 Å². The Morgan fingerprint density at radius 1 is 1.06 bits per heavy atom. The zero-order chi connectivity index (χ0) is 11.0. The van der Waals surface area contributed by atoms with Crippen LogP contribution in [0.1, 0.15) is 31.4 Å². The van der Waals surface area contributed by atoms with Crippen molar-refractivity contribution < 1.29 is 0 Å². The first kappa shape index (κ1) is 9.86. The molecule has 0 aliphatic heterocycles. The average molecular weight is 211 g/mol. The van der Waals surface area contributed by atoms with Gasteiger partial charge in [-0.15, -0.1) is 0 Å². The quantitative estimate of drug-likeness (QED) is 0.817. The second-order valence-electron chi connectivity index (χ2n) is 4.77. The first-order valence-electron chi connectivity index (χ1n) is 6.08. The molecule has 0 amide bonds. The molecule has 0 bridgehead atoms. The van der Waals surface area contributed by atoms with E-state index in [2.05, 4.69) is 54.7 Å². The topological polar surface area (TPSA) is 12.0 Å². The fourth-order valence-corrected chi connectivity index (χ4v) is 2.18. The summed E-state index contributed by atoms with van der Waals surface area (Å²) in [6.45, 7) is 2.25. The summed E-state index contributed by atoms with van der Waals surface area (Å²) in [5.74, 6) is 0. The molecule has 3 rings (SSSR count). The number of nitrogens with one attached hydrogen (secondary N) is 1. The van der Waals surface area contributed by atoms with Gasteiger partial charge in [-0.05, 0) is 42.2 Å². The zero-order valence-electron chi connectivity index (χ0n) is 9.61. The Hall–Kier alpha value is -1.34. The third-order valence-corrected chi connectivity index (χ3v) is 3.34. The predicted molar refractivity (Wildman–Crippen MR) is 68.5 cm³/mol. The van der Waals surface area contributed by atoms with Crippen LogP contribution in [-0.4, -0.2) is 6.04 Å². The van der Waals surface area contributed by atoms with Gasteiger partial charge in [0.05, 0.1) is 0 Å². The van der Waals surface area contributed by atoms with E-state index >= 15 is 0 Å². The van der Waals surface area contributed by atoms with Gasteiger partial charge in [0.15, 0.2) is 0 Å². The summed E-state index contributed by atoms with van der Waals surface area (Å²) in [7, 11) is 0. The Kier molecular flexibility index (Phi) is 2.41. The van der Waals surface area contributed by atoms with Gasteiger partial charge in [0.25, 0.3) is 0 Å². The number of fused-ring (bicyclic) bond motifs is 1. The summed E-state index contributed by atoms with van der Waals surface area (Å²) in [6, 6.07) is 16.5. The standard InChI is InChI=1S/C15H17N/c1-11(16-15-8-9-15)13-7-6-12-4-2-3-5-14(12)10-13/h2-7,10-11,15-16H,8-9H2,1H3/t11-/m0/s1. The Morgan fingerprint density at radius 2 is 1.81 bits per heavy atom. The molecule has 2 aromatic rings. The summed E-state index contributed by atoms with van der Waals surface area (Å²) >= 11 is 0. The van der Waals surface area contributed by atoms with Crippen LogP contribution in [0.25, 0.3) is 10.8 Å². The van der Waals surface area contributed by atoms with Gasteiger partial charge in [-0.1, -0.05) is 36.4 Å². The minimum atomic E-state index is 0.470. The van der Waals surface area contributed by atoms with Gasteiger partial charge in [-0.3, -0.25) is 0 Å². The van der Waals surface area contributed by atoms with Crippen molar-refractivity contribution in [2.45, 2.75) is 31.8 Å². The Morgan fingerprint density at radius 3 is 2.56 bits per heavy atom. The molecule has 1 heteroatoms. The summed E-state index contributed by atoms with van der Waals surface area (Å²) in [4.78, 5) is 0. The van der Waals surface area contributed by atoms with Gasteiger partial charge in [0.1, 0.15) is 0 Å². The summed E-state index contributed by atoms with van der Waals surface area (Å²) in [5, 5.41) is 6.30. The van der Waals surface area contributed by atoms with Crippen LogP contribution in [-0.2, 0) is 0 Å². The molecule has 0 spiro atoms. The third kappa shape index (κ3) is 1.96. The van der Waals surface area contributed by atoms with Gasteiger partial charge in [0, 0.05) is 12.1 Å². The Labute approximate surface area is 96.5 Å². The predicted octanol–water partition coefficient (Wildman–Crippen LogP) is 3.65. The van der Waals surface area contributed by atoms with Gasteiger partial charge >= 0.3 is 0 Å². The minimum Gasteiger partial charge on any atom is -0.307 e. The average Bonchev–Trinajstić information content (AvgIpc) is 3.12. The molecule has 0 radical (unpaired) electrons. The fraction of sp³-hybridized carbons (Fsp3) is 0.333. The lowest BCUT2D eigenvalue weighted by atomic mass is 10.0. The van der Waals surface area contributed by atoms with E-state index in [9.17, 15) is 0 Å². The molecular weight excluding hydrogens is 194 g/mol. The summed E-state index contributed by atoms with van der Waals surface area (Å²) < 4.78 is 0. The summed E-state index contributed by atoms with van der Waals surface area (Å²) in [6.07, 6.45) is 2.69. The van der Waals surface area contributed by atoms with Crippen molar-refractivity contribution in [2.24, 2.45) is 0 Å². The number of hydrogen-bond acceptors (Lipinski definition) is 1. The lowest BCUT2D eigenvalue weighted by Gasteiger charge is -2.14. The van der Waals surface area contributed by atoms with E-state index in [1.807, 2.05) is 0 Å². The second kappa shape index (κ2) is 3.91. The van der Waals surface area contributed by atoms with Crippen LogP contribution >= 0.6 is 0 Å². The largest absolute Gasteiger partial charge is 0.307 e. The van der Waals surface area contributed by atoms with Crippen molar-refractivity contribution in [3.05, 3.63) is 48.0 Å². The Bertz CT molecular complexity index is 500. The molecule has 82 valence electrons. The van der Waals surface area contributed by atoms with E-state index in [4.69, 9.17) is 0 Å². The molecule has 1 saturated carbocycles. The highest BCUT2D eigenvalue weighted by atomic mass is 15.0. The maximum Gasteiger partial charge on any atom is 0.0294 e. The highest BCUT2D eigenvalue weighted by Crippen LogP contribution is 2.25. The number of rotatable bonds is 3. The molecule has 0 saturated heterocycles. The molecule has 1 aliphatic rings. The molecule has 1 atom stereocenters. The maximum absolute atomic E-state index is 3.63. The zero-order valence-corrected chi connectivity index (χ0v) is 9.61. The normalized spacial score (nSPS) is 17.6. The molecule has 0 unspecified atom stereocenters. The van der Waals surface area contributed by atoms with Crippen LogP contribution in [0.2, 0.25) is 0 Å². The molecule has 1 N–H and O–H groups in total. The number of benzene rings is 2. The highest BCUT2D eigenvalue weighted by molar-refractivity contribution is 5.83. The lowest BCUT2D eigenvalue weighted by molar-refractivity contribution is 0.571. The van der Waals surface area contributed by atoms with E-state index < -0.39 is 0 Å². The van der Waals surface area contributed by atoms with Crippen LogP contribution in [0, 0.1) is 0 Å². The molecule has 0 heterocycles. The van der Waals surface area contributed by atoms with Crippen molar-refractivity contribution in [3.8, 4) is 0 Å². The van der Waals surface area contributed by atoms with Gasteiger partial charge in [0.2, 0.25) is 0 Å². The smallest absolute Gasteiger partial charge is 0.0294 e. The van der Waals surface area contributed by atoms with Crippen LogP contribution < -0.4 is 5.32 Å². The second-order valence-corrected chi connectivity index (χ2v) is 4.77. The van der Waals surface area contributed by atoms with Crippen molar-refractivity contribution in [1.29, 1.82) is 0 Å². The monoisotopic (exact) mass is 211 g/mol. The molecule has 0 aromatic heterocycles. The van der Waals surface area contributed by atoms with Gasteiger partial charge in [-0.2, -0.15) is 0 Å². The molecule has 1 fully saturated rings. The van der Waals surface area contributed by atoms with Crippen molar-refractivity contribution >= 4 is 10.8 Å². The molecule has 1 nitrogen and oxygen atoms in total. The van der Waals surface area contributed by atoms with Gasteiger partial charge < -0.3 is 5.32 Å². The molecule has 1 aliphatic carbocycles. The van der Waals surface area contributed by atoms with Crippen LogP contribution in [0.5, 0.6) is 0 Å². The molecule has 2 aromatic carbocycles. The van der Waals surface area contributed by atoms with Crippen molar-refractivity contribution in [2.75, 3.05) is 0 Å². The fourth-order valence-electron chi connectivity index (χ4n) is 2.18. The van der Waals surface area contributed by atoms with Crippen molar-refractivity contribution in [1.82, 2.24) is 5.32 Å². The van der Waals surface area contributed by atoms with Crippen LogP contribution in [0.3, 0.4) is 0 Å². The van der Waals surface area contributed by atoms with Crippen molar-refractivity contribution in [3.63, 3.8) is 0 Å². The lowest BCUT2D eigenvalue weighted by Crippen LogP contribution is -2.20. The Balaban J connectivity index is 1.91. The third-order valence-electron chi connectivity index (χ3n) is 3.34. The van der Waals surface area contributed by atoms with E-state index in [1.165, 1.54) is 29.2 Å². The van der Waals surface area contributed by atoms with E-state index in [0.29, 0.717) is 6.04 Å². The van der Waals surface area contributed by atoms with Gasteiger partial charge in [-0.25, -0.2) is 0 Å². The van der Waals surface area contributed by atoms with E-state index in [1.54, 1.807) is 0 Å². The summed E-state index contributed by atoms with van der Waals surface area (Å²) in [5.41, 5.74) is 1.39. The van der Waals surface area contributed by atoms with E-state index in [0.717, 1.165) is 6.04 Å². The maximum atomic E-state index is 3.63. The van der Waals surface area contributed by atoms with Crippen LogP contribution in [0.15, 0.2) is 42.5 Å². The minimum absolute atomic E-state index is 0.470. The first-order valence-corrected chi connectivity index (χ1v) is 6.08. The highest BCUT2D eigenvalue weighted by Gasteiger charge is 2.23. The number of hydrogen-bond donors (Lipinski definition) is 1. The molecular formula is C15H17N.